The van der Waals surface area contributed by atoms with Gasteiger partial charge in [-0.3, -0.25) is 4.79 Å². The second kappa shape index (κ2) is 9.18. The quantitative estimate of drug-likeness (QED) is 0.571. The van der Waals surface area contributed by atoms with Crippen LogP contribution >= 0.6 is 11.8 Å². The van der Waals surface area contributed by atoms with E-state index >= 15 is 0 Å². The van der Waals surface area contributed by atoms with Crippen molar-refractivity contribution in [2.75, 3.05) is 12.9 Å². The van der Waals surface area contributed by atoms with Crippen LogP contribution in [0.4, 0.5) is 0 Å². The monoisotopic (exact) mass is 409 g/mol. The van der Waals surface area contributed by atoms with E-state index < -0.39 is 0 Å². The van der Waals surface area contributed by atoms with Crippen LogP contribution in [0.2, 0.25) is 0 Å². The van der Waals surface area contributed by atoms with Gasteiger partial charge in [0.05, 0.1) is 40.9 Å². The van der Waals surface area contributed by atoms with E-state index in [1.165, 1.54) is 11.8 Å². The number of thioether (sulfide) groups is 1. The molecule has 5 nitrogen and oxygen atoms in total. The van der Waals surface area contributed by atoms with Gasteiger partial charge in [-0.25, -0.2) is 4.68 Å². The number of amides is 1. The molecule has 1 unspecified atom stereocenters. The smallest absolute Gasteiger partial charge is 0.230 e. The van der Waals surface area contributed by atoms with E-state index in [9.17, 15) is 4.79 Å². The minimum absolute atomic E-state index is 0.0164. The number of carbonyl (C=O) groups is 1. The van der Waals surface area contributed by atoms with Crippen LogP contribution in [0.1, 0.15) is 35.5 Å². The van der Waals surface area contributed by atoms with Gasteiger partial charge in [0.25, 0.3) is 0 Å². The molecule has 0 aliphatic heterocycles. The summed E-state index contributed by atoms with van der Waals surface area (Å²) < 4.78 is 7.37. The Hall–Kier alpha value is -2.73. The van der Waals surface area contributed by atoms with Gasteiger partial charge in [-0.05, 0) is 45.9 Å². The fourth-order valence-corrected chi connectivity index (χ4v) is 4.25. The third-order valence-electron chi connectivity index (χ3n) is 4.80. The Morgan fingerprint density at radius 1 is 1.17 bits per heavy atom. The Labute approximate surface area is 176 Å². The lowest BCUT2D eigenvalue weighted by molar-refractivity contribution is -0.119. The second-order valence-corrected chi connectivity index (χ2v) is 8.06. The summed E-state index contributed by atoms with van der Waals surface area (Å²) in [6.07, 6.45) is 0. The highest BCUT2D eigenvalue weighted by atomic mass is 32.2. The van der Waals surface area contributed by atoms with Crippen LogP contribution in [-0.2, 0) is 4.79 Å². The highest BCUT2D eigenvalue weighted by Gasteiger charge is 2.17. The maximum atomic E-state index is 12.6. The summed E-state index contributed by atoms with van der Waals surface area (Å²) in [4.78, 5) is 13.6. The zero-order valence-corrected chi connectivity index (χ0v) is 18.3. The number of methoxy groups -OCH3 is 1. The van der Waals surface area contributed by atoms with Crippen molar-refractivity contribution in [1.29, 1.82) is 0 Å². The first-order chi connectivity index (χ1) is 13.9. The number of carbonyl (C=O) groups excluding carboxylic acids is 1. The van der Waals surface area contributed by atoms with E-state index in [-0.39, 0.29) is 11.9 Å². The van der Waals surface area contributed by atoms with Gasteiger partial charge >= 0.3 is 0 Å². The molecule has 0 radical (unpaired) electrons. The second-order valence-electron chi connectivity index (χ2n) is 7.07. The van der Waals surface area contributed by atoms with Crippen LogP contribution in [0.5, 0.6) is 5.75 Å². The first-order valence-electron chi connectivity index (χ1n) is 9.59. The van der Waals surface area contributed by atoms with Crippen LogP contribution < -0.4 is 10.1 Å². The molecule has 29 heavy (non-hydrogen) atoms. The van der Waals surface area contributed by atoms with Gasteiger partial charge < -0.3 is 10.1 Å². The third kappa shape index (κ3) is 4.82. The van der Waals surface area contributed by atoms with Crippen molar-refractivity contribution in [3.8, 4) is 11.4 Å². The molecule has 1 heterocycles. The van der Waals surface area contributed by atoms with Crippen molar-refractivity contribution in [2.24, 2.45) is 0 Å². The van der Waals surface area contributed by atoms with Crippen molar-refractivity contribution in [1.82, 2.24) is 15.1 Å². The summed E-state index contributed by atoms with van der Waals surface area (Å²) >= 11 is 1.52. The molecule has 0 saturated heterocycles. The minimum Gasteiger partial charge on any atom is -0.496 e. The zero-order valence-electron chi connectivity index (χ0n) is 17.5. The molecule has 0 saturated carbocycles. The van der Waals surface area contributed by atoms with Crippen molar-refractivity contribution >= 4 is 17.7 Å². The Bertz CT molecular complexity index is 999. The average Bonchev–Trinajstić information content (AvgIpc) is 3.00. The normalized spacial score (nSPS) is 11.9. The van der Waals surface area contributed by atoms with Gasteiger partial charge in [-0.2, -0.15) is 5.10 Å². The fourth-order valence-electron chi connectivity index (χ4n) is 3.35. The molecule has 1 aromatic heterocycles. The molecule has 0 aliphatic carbocycles. The maximum absolute atomic E-state index is 12.6. The van der Waals surface area contributed by atoms with Crippen molar-refractivity contribution in [3.05, 3.63) is 71.0 Å². The fraction of sp³-hybridized carbons (Fsp3) is 0.304. The molecule has 0 spiro atoms. The van der Waals surface area contributed by atoms with Gasteiger partial charge in [-0.15, -0.1) is 11.8 Å². The summed E-state index contributed by atoms with van der Waals surface area (Å²) in [6, 6.07) is 15.9. The van der Waals surface area contributed by atoms with Gasteiger partial charge in [0.15, 0.2) is 0 Å². The van der Waals surface area contributed by atoms with Crippen molar-refractivity contribution < 1.29 is 9.53 Å². The predicted octanol–water partition coefficient (Wildman–Crippen LogP) is 4.78. The molecule has 2 aromatic carbocycles. The van der Waals surface area contributed by atoms with Crippen LogP contribution in [0.3, 0.4) is 0 Å². The van der Waals surface area contributed by atoms with Gasteiger partial charge in [0.1, 0.15) is 5.75 Å². The number of nitrogens with one attached hydrogen (secondary N) is 1. The molecule has 0 fully saturated rings. The van der Waals surface area contributed by atoms with Gasteiger partial charge in [0, 0.05) is 5.56 Å². The molecule has 152 valence electrons. The van der Waals surface area contributed by atoms with Crippen LogP contribution in [-0.4, -0.2) is 28.6 Å². The average molecular weight is 410 g/mol. The van der Waals surface area contributed by atoms with E-state index in [1.54, 1.807) is 7.11 Å². The standard InChI is InChI=1S/C23H27N3O2S/c1-15-11-12-21(28-5)20(13-15)16(2)24-22(27)14-29-23-17(3)25-26(18(23)4)19-9-7-6-8-10-19/h6-13,16H,14H2,1-5H3,(H,24,27). The molecule has 1 atom stereocenters. The zero-order chi connectivity index (χ0) is 21.0. The summed E-state index contributed by atoms with van der Waals surface area (Å²) in [7, 11) is 1.65. The number of nitrogens with zero attached hydrogens (tertiary/aromatic N) is 2. The number of benzene rings is 2. The van der Waals surface area contributed by atoms with E-state index in [4.69, 9.17) is 4.74 Å². The number of aromatic nitrogens is 2. The molecular formula is C23H27N3O2S. The first kappa shape index (κ1) is 21.0. The van der Waals surface area contributed by atoms with Gasteiger partial charge in [0.2, 0.25) is 5.91 Å². The summed E-state index contributed by atoms with van der Waals surface area (Å²) in [5.74, 6) is 1.10. The van der Waals surface area contributed by atoms with E-state index in [1.807, 2.05) is 74.8 Å². The summed E-state index contributed by atoms with van der Waals surface area (Å²) in [5, 5.41) is 7.73. The van der Waals surface area contributed by atoms with Crippen molar-refractivity contribution in [3.63, 3.8) is 0 Å². The van der Waals surface area contributed by atoms with Crippen LogP contribution in [0.25, 0.3) is 5.69 Å². The molecule has 1 N–H and O–H groups in total. The number of hydrogen-bond donors (Lipinski definition) is 1. The van der Waals surface area contributed by atoms with E-state index in [0.717, 1.165) is 38.8 Å². The Morgan fingerprint density at radius 2 is 1.90 bits per heavy atom. The molecule has 3 rings (SSSR count). The largest absolute Gasteiger partial charge is 0.496 e. The molecule has 1 amide bonds. The molecule has 6 heteroatoms. The maximum Gasteiger partial charge on any atom is 0.230 e. The van der Waals surface area contributed by atoms with E-state index in [0.29, 0.717) is 5.75 Å². The predicted molar refractivity (Wildman–Crippen MR) is 118 cm³/mol. The lowest BCUT2D eigenvalue weighted by Crippen LogP contribution is -2.28. The summed E-state index contributed by atoms with van der Waals surface area (Å²) in [6.45, 7) is 8.02. The first-order valence-corrected chi connectivity index (χ1v) is 10.6. The molecule has 0 bridgehead atoms. The Kier molecular flexibility index (Phi) is 6.64. The highest BCUT2D eigenvalue weighted by Crippen LogP contribution is 2.29. The number of rotatable bonds is 7. The number of hydrogen-bond acceptors (Lipinski definition) is 4. The summed E-state index contributed by atoms with van der Waals surface area (Å²) in [5.41, 5.74) is 5.10. The number of aryl methyl sites for hydroxylation is 2. The third-order valence-corrected chi connectivity index (χ3v) is 6.09. The molecular weight excluding hydrogens is 382 g/mol. The Balaban J connectivity index is 1.67. The number of para-hydroxylation sites is 1. The van der Waals surface area contributed by atoms with Crippen molar-refractivity contribution in [2.45, 2.75) is 38.6 Å². The lowest BCUT2D eigenvalue weighted by Gasteiger charge is -2.18. The van der Waals surface area contributed by atoms with E-state index in [2.05, 4.69) is 16.5 Å². The Morgan fingerprint density at radius 3 is 2.59 bits per heavy atom. The SMILES string of the molecule is COc1ccc(C)cc1C(C)NC(=O)CSc1c(C)nn(-c2ccccc2)c1C. The van der Waals surface area contributed by atoms with Crippen LogP contribution in [0, 0.1) is 20.8 Å². The molecule has 3 aromatic rings. The topological polar surface area (TPSA) is 56.1 Å². The number of ether oxygens (including phenoxy) is 1. The molecule has 0 aliphatic rings. The van der Waals surface area contributed by atoms with Gasteiger partial charge in [-0.1, -0.05) is 35.9 Å². The lowest BCUT2D eigenvalue weighted by atomic mass is 10.0. The highest BCUT2D eigenvalue weighted by molar-refractivity contribution is 8.00. The van der Waals surface area contributed by atoms with Crippen LogP contribution in [0.15, 0.2) is 53.4 Å². The minimum atomic E-state index is -0.132.